The Labute approximate surface area is 120 Å². The van der Waals surface area contributed by atoms with Crippen molar-refractivity contribution in [3.05, 3.63) is 11.1 Å². The predicted octanol–water partition coefficient (Wildman–Crippen LogP) is 1.79. The number of aromatic nitrogens is 1. The second-order valence-corrected chi connectivity index (χ2v) is 5.48. The number of hydrogen-bond donors (Lipinski definition) is 2. The molecule has 0 aliphatic heterocycles. The Morgan fingerprint density at radius 2 is 2.28 bits per heavy atom. The summed E-state index contributed by atoms with van der Waals surface area (Å²) in [6.07, 6.45) is 4.04. The van der Waals surface area contributed by atoms with Crippen molar-refractivity contribution in [3.8, 4) is 0 Å². The Morgan fingerprint density at radius 1 is 1.61 bits per heavy atom. The summed E-state index contributed by atoms with van der Waals surface area (Å²) in [5.74, 6) is 0.517. The van der Waals surface area contributed by atoms with Crippen LogP contribution in [0.25, 0.3) is 0 Å². The highest BCUT2D eigenvalue weighted by Gasteiger charge is 2.15. The van der Waals surface area contributed by atoms with E-state index in [0.29, 0.717) is 16.4 Å². The number of amides is 1. The van der Waals surface area contributed by atoms with Gasteiger partial charge >= 0.3 is 0 Å². The zero-order valence-electron chi connectivity index (χ0n) is 10.1. The van der Waals surface area contributed by atoms with Crippen LogP contribution in [0.2, 0.25) is 0 Å². The second kappa shape index (κ2) is 8.47. The molecule has 1 heterocycles. The van der Waals surface area contributed by atoms with Crippen molar-refractivity contribution in [2.45, 2.75) is 19.4 Å². The van der Waals surface area contributed by atoms with Crippen LogP contribution < -0.4 is 11.1 Å². The lowest BCUT2D eigenvalue weighted by Crippen LogP contribution is -2.36. The first-order valence-corrected chi connectivity index (χ1v) is 7.27. The molecule has 1 amide bonds. The Morgan fingerprint density at radius 3 is 2.78 bits per heavy atom. The van der Waals surface area contributed by atoms with Crippen LogP contribution in [0, 0.1) is 0 Å². The van der Waals surface area contributed by atoms with E-state index >= 15 is 0 Å². The highest BCUT2D eigenvalue weighted by atomic mass is 35.5. The summed E-state index contributed by atoms with van der Waals surface area (Å²) < 4.78 is 0. The van der Waals surface area contributed by atoms with Crippen molar-refractivity contribution in [2.75, 3.05) is 17.3 Å². The first kappa shape index (κ1) is 17.4. The van der Waals surface area contributed by atoms with E-state index in [1.165, 1.54) is 13.1 Å². The number of nitrogens with zero attached hydrogens (tertiary/aromatic N) is 1. The molecule has 0 aromatic carbocycles. The normalized spacial score (nSPS) is 11.5. The van der Waals surface area contributed by atoms with Gasteiger partial charge in [-0.05, 0) is 18.4 Å². The van der Waals surface area contributed by atoms with Crippen molar-refractivity contribution in [2.24, 2.45) is 5.73 Å². The van der Waals surface area contributed by atoms with Crippen LogP contribution in [-0.4, -0.2) is 34.7 Å². The van der Waals surface area contributed by atoms with Gasteiger partial charge in [0.05, 0.1) is 17.1 Å². The number of Topliss-reactive ketones (excluding diaryl/α,β-unsaturated/α-hetero) is 1. The van der Waals surface area contributed by atoms with E-state index in [-0.39, 0.29) is 24.1 Å². The third-order valence-electron chi connectivity index (χ3n) is 2.05. The van der Waals surface area contributed by atoms with Gasteiger partial charge in [0.2, 0.25) is 5.91 Å². The zero-order valence-corrected chi connectivity index (χ0v) is 12.6. The molecule has 0 fully saturated rings. The molecule has 0 unspecified atom stereocenters. The molecule has 0 saturated heterocycles. The Hall–Kier alpha value is -0.630. The molecular weight excluding hydrogens is 294 g/mol. The van der Waals surface area contributed by atoms with Gasteiger partial charge in [-0.2, -0.15) is 11.8 Å². The fourth-order valence-electron chi connectivity index (χ4n) is 1.07. The zero-order chi connectivity index (χ0) is 12.8. The van der Waals surface area contributed by atoms with E-state index in [2.05, 4.69) is 10.3 Å². The molecule has 1 rings (SSSR count). The average Bonchev–Trinajstić information content (AvgIpc) is 2.74. The van der Waals surface area contributed by atoms with Gasteiger partial charge in [0.1, 0.15) is 0 Å². The van der Waals surface area contributed by atoms with Crippen molar-refractivity contribution >= 4 is 52.3 Å². The SMILES string of the molecule is CSCC[C@H](N)C(=O)Nc1ncc(C(C)=O)s1.Cl. The monoisotopic (exact) mass is 309 g/mol. The Kier molecular flexibility index (Phi) is 8.17. The number of carbonyl (C=O) groups is 2. The molecule has 102 valence electrons. The van der Waals surface area contributed by atoms with E-state index in [1.807, 2.05) is 6.26 Å². The number of anilines is 1. The number of carbonyl (C=O) groups excluding carboxylic acids is 2. The maximum absolute atomic E-state index is 11.6. The smallest absolute Gasteiger partial charge is 0.243 e. The number of ketones is 1. The van der Waals surface area contributed by atoms with E-state index in [1.54, 1.807) is 11.8 Å². The molecule has 0 bridgehead atoms. The maximum Gasteiger partial charge on any atom is 0.243 e. The second-order valence-electron chi connectivity index (χ2n) is 3.46. The standard InChI is InChI=1S/C10H15N3O2S2.ClH/c1-6(14)8-5-12-10(17-8)13-9(15)7(11)3-4-16-2;/h5,7H,3-4,11H2,1-2H3,(H,12,13,15);1H/t7-;/m0./s1. The van der Waals surface area contributed by atoms with Crippen LogP contribution in [0.1, 0.15) is 23.0 Å². The fraction of sp³-hybridized carbons (Fsp3) is 0.500. The highest BCUT2D eigenvalue weighted by Crippen LogP contribution is 2.18. The van der Waals surface area contributed by atoms with Crippen LogP contribution in [0.4, 0.5) is 5.13 Å². The molecule has 1 atom stereocenters. The van der Waals surface area contributed by atoms with E-state index < -0.39 is 6.04 Å². The van der Waals surface area contributed by atoms with Crippen LogP contribution in [0.5, 0.6) is 0 Å². The molecule has 18 heavy (non-hydrogen) atoms. The molecule has 0 radical (unpaired) electrons. The fourth-order valence-corrected chi connectivity index (χ4v) is 2.27. The van der Waals surface area contributed by atoms with Crippen molar-refractivity contribution in [1.29, 1.82) is 0 Å². The first-order valence-electron chi connectivity index (χ1n) is 5.06. The number of thiazole rings is 1. The molecule has 0 aliphatic carbocycles. The minimum atomic E-state index is -0.535. The maximum atomic E-state index is 11.6. The molecule has 3 N–H and O–H groups in total. The predicted molar refractivity (Wildman–Crippen MR) is 79.0 cm³/mol. The lowest BCUT2D eigenvalue weighted by atomic mass is 10.2. The van der Waals surface area contributed by atoms with Crippen LogP contribution >= 0.6 is 35.5 Å². The van der Waals surface area contributed by atoms with Gasteiger partial charge in [-0.15, -0.1) is 12.4 Å². The summed E-state index contributed by atoms with van der Waals surface area (Å²) in [4.78, 5) is 27.2. The van der Waals surface area contributed by atoms with Gasteiger partial charge in [0.25, 0.3) is 0 Å². The lowest BCUT2D eigenvalue weighted by molar-refractivity contribution is -0.117. The topological polar surface area (TPSA) is 85.1 Å². The summed E-state index contributed by atoms with van der Waals surface area (Å²) >= 11 is 2.80. The largest absolute Gasteiger partial charge is 0.320 e. The quantitative estimate of drug-likeness (QED) is 0.783. The minimum Gasteiger partial charge on any atom is -0.320 e. The number of hydrogen-bond acceptors (Lipinski definition) is 6. The lowest BCUT2D eigenvalue weighted by Gasteiger charge is -2.09. The molecule has 0 spiro atoms. The minimum absolute atomic E-state index is 0. The van der Waals surface area contributed by atoms with E-state index in [0.717, 1.165) is 17.1 Å². The molecule has 1 aromatic rings. The molecule has 0 saturated carbocycles. The third kappa shape index (κ3) is 5.34. The highest BCUT2D eigenvalue weighted by molar-refractivity contribution is 7.98. The van der Waals surface area contributed by atoms with Crippen LogP contribution in [-0.2, 0) is 4.79 Å². The van der Waals surface area contributed by atoms with Gasteiger partial charge in [-0.1, -0.05) is 11.3 Å². The van der Waals surface area contributed by atoms with Crippen molar-refractivity contribution in [3.63, 3.8) is 0 Å². The van der Waals surface area contributed by atoms with Gasteiger partial charge in [0.15, 0.2) is 10.9 Å². The van der Waals surface area contributed by atoms with Gasteiger partial charge in [0, 0.05) is 6.92 Å². The summed E-state index contributed by atoms with van der Waals surface area (Å²) in [6.45, 7) is 1.46. The van der Waals surface area contributed by atoms with E-state index in [9.17, 15) is 9.59 Å². The first-order chi connectivity index (χ1) is 8.04. The van der Waals surface area contributed by atoms with Crippen molar-refractivity contribution in [1.82, 2.24) is 4.98 Å². The molecular formula is C10H16ClN3O2S2. The van der Waals surface area contributed by atoms with Crippen LogP contribution in [0.3, 0.4) is 0 Å². The molecule has 8 heteroatoms. The summed E-state index contributed by atoms with van der Waals surface area (Å²) in [5.41, 5.74) is 5.70. The Balaban J connectivity index is 0.00000289. The van der Waals surface area contributed by atoms with Gasteiger partial charge < -0.3 is 11.1 Å². The molecule has 1 aromatic heterocycles. The average molecular weight is 310 g/mol. The molecule has 5 nitrogen and oxygen atoms in total. The number of nitrogens with two attached hydrogens (primary N) is 1. The Bertz CT molecular complexity index is 412. The van der Waals surface area contributed by atoms with Gasteiger partial charge in [-0.25, -0.2) is 4.98 Å². The number of nitrogens with one attached hydrogen (secondary N) is 1. The van der Waals surface area contributed by atoms with Crippen LogP contribution in [0.15, 0.2) is 6.20 Å². The number of rotatable bonds is 6. The summed E-state index contributed by atoms with van der Waals surface area (Å²) in [5, 5.41) is 3.02. The van der Waals surface area contributed by atoms with Gasteiger partial charge in [-0.3, -0.25) is 9.59 Å². The summed E-state index contributed by atoms with van der Waals surface area (Å²) in [7, 11) is 0. The van der Waals surface area contributed by atoms with E-state index in [4.69, 9.17) is 5.73 Å². The number of thioether (sulfide) groups is 1. The number of halogens is 1. The third-order valence-corrected chi connectivity index (χ3v) is 3.71. The molecule has 0 aliphatic rings. The summed E-state index contributed by atoms with van der Waals surface area (Å²) in [6, 6.07) is -0.535. The van der Waals surface area contributed by atoms with Crippen molar-refractivity contribution < 1.29 is 9.59 Å².